The molecule has 1 aliphatic heterocycles. The van der Waals surface area contributed by atoms with Crippen LogP contribution in [0, 0.1) is 17.9 Å². The molecule has 0 aliphatic carbocycles. The molecule has 14 heavy (non-hydrogen) atoms. The van der Waals surface area contributed by atoms with Crippen LogP contribution in [0.3, 0.4) is 0 Å². The van der Waals surface area contributed by atoms with Crippen molar-refractivity contribution < 1.29 is 14.3 Å². The van der Waals surface area contributed by atoms with E-state index in [0.29, 0.717) is 0 Å². The summed E-state index contributed by atoms with van der Waals surface area (Å²) in [7, 11) is 0. The zero-order valence-corrected chi connectivity index (χ0v) is 8.92. The van der Waals surface area contributed by atoms with Crippen LogP contribution in [-0.4, -0.2) is 11.8 Å². The van der Waals surface area contributed by atoms with Crippen molar-refractivity contribution in [3.05, 3.63) is 0 Å². The van der Waals surface area contributed by atoms with E-state index in [0.717, 1.165) is 19.3 Å². The summed E-state index contributed by atoms with van der Waals surface area (Å²) in [4.78, 5) is 11.0. The molecule has 3 heteroatoms. The largest absolute Gasteiger partial charge is 0.524 e. The molecular weight excluding hydrogens is 180 g/mol. The first kappa shape index (κ1) is 10.9. The van der Waals surface area contributed by atoms with Crippen molar-refractivity contribution in [3.8, 4) is 12.0 Å². The minimum atomic E-state index is -0.673. The first-order valence-corrected chi connectivity index (χ1v) is 5.02. The Balaban J connectivity index is 2.79. The Hall–Kier alpha value is -1.17. The van der Waals surface area contributed by atoms with Gasteiger partial charge in [0, 0.05) is 5.92 Å². The van der Waals surface area contributed by atoms with Gasteiger partial charge in [-0.25, -0.2) is 4.79 Å². The van der Waals surface area contributed by atoms with Crippen molar-refractivity contribution >= 4 is 6.16 Å². The third-order valence-corrected chi connectivity index (χ3v) is 2.50. The van der Waals surface area contributed by atoms with Gasteiger partial charge in [-0.3, -0.25) is 0 Å². The molecule has 0 bridgehead atoms. The summed E-state index contributed by atoms with van der Waals surface area (Å²) in [6.45, 7) is 6.11. The number of hydrogen-bond donors (Lipinski definition) is 0. The van der Waals surface area contributed by atoms with Crippen LogP contribution in [0.4, 0.5) is 4.79 Å². The molecule has 1 rings (SSSR count). The Morgan fingerprint density at radius 1 is 1.50 bits per heavy atom. The molecule has 1 aliphatic rings. The summed E-state index contributed by atoms with van der Waals surface area (Å²) in [5.41, 5.74) is -0.634. The van der Waals surface area contributed by atoms with Crippen molar-refractivity contribution in [2.75, 3.05) is 0 Å². The van der Waals surface area contributed by atoms with Crippen LogP contribution in [0.15, 0.2) is 0 Å². The van der Waals surface area contributed by atoms with Crippen molar-refractivity contribution in [1.29, 1.82) is 0 Å². The molecule has 0 aromatic rings. The van der Waals surface area contributed by atoms with Gasteiger partial charge in [-0.1, -0.05) is 27.2 Å². The maximum Gasteiger partial charge on any atom is 0.524 e. The predicted octanol–water partition coefficient (Wildman–Crippen LogP) is 2.70. The van der Waals surface area contributed by atoms with Gasteiger partial charge in [0.1, 0.15) is 6.11 Å². The fourth-order valence-corrected chi connectivity index (χ4v) is 1.45. The summed E-state index contributed by atoms with van der Waals surface area (Å²) < 4.78 is 9.64. The lowest BCUT2D eigenvalue weighted by atomic mass is 9.86. The Morgan fingerprint density at radius 3 is 2.71 bits per heavy atom. The number of ether oxygens (including phenoxy) is 2. The molecule has 1 unspecified atom stereocenters. The predicted molar refractivity (Wildman–Crippen MR) is 52.4 cm³/mol. The molecule has 0 fully saturated rings. The number of hydrogen-bond acceptors (Lipinski definition) is 3. The Morgan fingerprint density at radius 2 is 2.21 bits per heavy atom. The molecular formula is C11H16O3. The van der Waals surface area contributed by atoms with Crippen LogP contribution in [0.25, 0.3) is 0 Å². The van der Waals surface area contributed by atoms with Gasteiger partial charge in [0.05, 0.1) is 0 Å². The second kappa shape index (κ2) is 4.36. The number of unbranched alkanes of at least 4 members (excludes halogenated alkanes) is 1. The highest BCUT2D eigenvalue weighted by molar-refractivity contribution is 5.64. The average molecular weight is 196 g/mol. The quantitative estimate of drug-likeness (QED) is 0.512. The molecule has 1 heterocycles. The van der Waals surface area contributed by atoms with Gasteiger partial charge in [0.25, 0.3) is 0 Å². The normalized spacial score (nSPS) is 25.0. The third-order valence-electron chi connectivity index (χ3n) is 2.50. The molecule has 0 spiro atoms. The van der Waals surface area contributed by atoms with Gasteiger partial charge < -0.3 is 9.47 Å². The molecule has 0 aromatic heterocycles. The lowest BCUT2D eigenvalue weighted by Crippen LogP contribution is -2.41. The van der Waals surface area contributed by atoms with E-state index < -0.39 is 11.8 Å². The highest BCUT2D eigenvalue weighted by Crippen LogP contribution is 2.29. The second-order valence-corrected chi connectivity index (χ2v) is 3.83. The lowest BCUT2D eigenvalue weighted by molar-refractivity contribution is -0.0254. The van der Waals surface area contributed by atoms with Crippen molar-refractivity contribution in [2.24, 2.45) is 5.92 Å². The first-order chi connectivity index (χ1) is 6.60. The SMILES string of the molecule is CCCCC1(C(C)C)C#COC(=O)O1. The molecule has 0 amide bonds. The van der Waals surface area contributed by atoms with Crippen LogP contribution in [0.2, 0.25) is 0 Å². The topological polar surface area (TPSA) is 35.5 Å². The molecule has 1 atom stereocenters. The van der Waals surface area contributed by atoms with E-state index in [1.807, 2.05) is 13.8 Å². The summed E-state index contributed by atoms with van der Waals surface area (Å²) in [6, 6.07) is 0. The Kier molecular flexibility index (Phi) is 3.40. The van der Waals surface area contributed by atoms with E-state index >= 15 is 0 Å². The van der Waals surface area contributed by atoms with E-state index in [4.69, 9.17) is 4.74 Å². The zero-order valence-electron chi connectivity index (χ0n) is 8.92. The molecule has 0 aromatic carbocycles. The molecule has 3 nitrogen and oxygen atoms in total. The molecule has 0 saturated carbocycles. The van der Waals surface area contributed by atoms with Crippen molar-refractivity contribution in [3.63, 3.8) is 0 Å². The zero-order chi connectivity index (χ0) is 10.6. The van der Waals surface area contributed by atoms with Crippen LogP contribution in [0.5, 0.6) is 0 Å². The summed E-state index contributed by atoms with van der Waals surface area (Å²) >= 11 is 0. The Bertz CT molecular complexity index is 272. The van der Waals surface area contributed by atoms with Crippen LogP contribution in [-0.2, 0) is 9.47 Å². The van der Waals surface area contributed by atoms with E-state index in [1.54, 1.807) is 0 Å². The first-order valence-electron chi connectivity index (χ1n) is 5.02. The van der Waals surface area contributed by atoms with Crippen molar-refractivity contribution in [2.45, 2.75) is 45.6 Å². The smallest absolute Gasteiger partial charge is 0.413 e. The van der Waals surface area contributed by atoms with Gasteiger partial charge in [0.2, 0.25) is 0 Å². The molecule has 0 saturated heterocycles. The highest BCUT2D eigenvalue weighted by atomic mass is 16.7. The van der Waals surface area contributed by atoms with Crippen LogP contribution >= 0.6 is 0 Å². The molecule has 0 N–H and O–H groups in total. The summed E-state index contributed by atoms with van der Waals surface area (Å²) in [5.74, 6) is 3.07. The number of carbonyl (C=O) groups is 1. The van der Waals surface area contributed by atoms with E-state index in [1.165, 1.54) is 0 Å². The highest BCUT2D eigenvalue weighted by Gasteiger charge is 2.38. The maximum absolute atomic E-state index is 11.0. The van der Waals surface area contributed by atoms with Crippen LogP contribution in [0.1, 0.15) is 40.0 Å². The minimum Gasteiger partial charge on any atom is -0.413 e. The maximum atomic E-state index is 11.0. The standard InChI is InChI=1S/C11H16O3/c1-4-5-6-11(9(2)3)7-8-13-10(12)14-11/h9H,4-6H2,1-3H3. The van der Waals surface area contributed by atoms with E-state index in [9.17, 15) is 4.79 Å². The third kappa shape index (κ3) is 2.20. The fourth-order valence-electron chi connectivity index (χ4n) is 1.45. The molecule has 0 radical (unpaired) electrons. The van der Waals surface area contributed by atoms with Gasteiger partial charge in [-0.15, -0.1) is 0 Å². The molecule has 78 valence electrons. The summed E-state index contributed by atoms with van der Waals surface area (Å²) in [6.07, 6.45) is 4.56. The second-order valence-electron chi connectivity index (χ2n) is 3.83. The average Bonchev–Trinajstić information content (AvgIpc) is 2.14. The monoisotopic (exact) mass is 196 g/mol. The van der Waals surface area contributed by atoms with Gasteiger partial charge >= 0.3 is 6.16 Å². The number of rotatable bonds is 4. The lowest BCUT2D eigenvalue weighted by Gasteiger charge is -2.32. The number of carbonyl (C=O) groups excluding carboxylic acids is 1. The van der Waals surface area contributed by atoms with Gasteiger partial charge in [-0.2, -0.15) is 0 Å². The van der Waals surface area contributed by atoms with E-state index in [-0.39, 0.29) is 5.92 Å². The van der Waals surface area contributed by atoms with Crippen molar-refractivity contribution in [1.82, 2.24) is 0 Å². The number of cyclic esters (lactones) is 2. The summed E-state index contributed by atoms with van der Waals surface area (Å²) in [5, 5.41) is 0. The minimum absolute atomic E-state index is 0.189. The Labute approximate surface area is 84.8 Å². The van der Waals surface area contributed by atoms with E-state index in [2.05, 4.69) is 23.7 Å². The van der Waals surface area contributed by atoms with Crippen LogP contribution < -0.4 is 0 Å². The van der Waals surface area contributed by atoms with Gasteiger partial charge in [-0.05, 0) is 18.8 Å². The fraction of sp³-hybridized carbons (Fsp3) is 0.727. The van der Waals surface area contributed by atoms with Gasteiger partial charge in [0.15, 0.2) is 5.60 Å².